The number of hydrogen-bond acceptors (Lipinski definition) is 6. The fourth-order valence-corrected chi connectivity index (χ4v) is 4.36. The Morgan fingerprint density at radius 3 is 2.59 bits per heavy atom. The van der Waals surface area contributed by atoms with Crippen LogP contribution in [-0.4, -0.2) is 71.3 Å². The van der Waals surface area contributed by atoms with Gasteiger partial charge < -0.3 is 19.7 Å². The number of benzene rings is 1. The van der Waals surface area contributed by atoms with Gasteiger partial charge in [-0.2, -0.15) is 0 Å². The fraction of sp³-hybridized carbons (Fsp3) is 0.556. The van der Waals surface area contributed by atoms with E-state index in [0.29, 0.717) is 37.0 Å². The third kappa shape index (κ3) is 6.66. The molecule has 0 aliphatic carbocycles. The Hall–Kier alpha value is -1.69. The molecule has 0 saturated carbocycles. The molecule has 0 spiro atoms. The molecular formula is C18H26BrN3O6S. The summed E-state index contributed by atoms with van der Waals surface area (Å²) >= 11 is 3.31. The normalized spacial score (nSPS) is 15.2. The van der Waals surface area contributed by atoms with Crippen molar-refractivity contribution in [3.05, 3.63) is 28.2 Å². The molecule has 1 fully saturated rings. The highest BCUT2D eigenvalue weighted by atomic mass is 79.9. The van der Waals surface area contributed by atoms with Gasteiger partial charge in [0.05, 0.1) is 23.7 Å². The van der Waals surface area contributed by atoms with E-state index in [1.807, 2.05) is 0 Å². The van der Waals surface area contributed by atoms with Gasteiger partial charge in [-0.1, -0.05) is 0 Å². The molecule has 1 aromatic rings. The van der Waals surface area contributed by atoms with E-state index < -0.39 is 10.0 Å². The Morgan fingerprint density at radius 2 is 1.97 bits per heavy atom. The number of nitrogens with one attached hydrogen (secondary N) is 2. The maximum atomic E-state index is 12.7. The summed E-state index contributed by atoms with van der Waals surface area (Å²) in [5.74, 6) is -0.375. The minimum atomic E-state index is -3.75. The molecule has 9 nitrogen and oxygen atoms in total. The third-order valence-electron chi connectivity index (χ3n) is 4.45. The lowest BCUT2D eigenvalue weighted by Crippen LogP contribution is -2.46. The number of halogens is 1. The summed E-state index contributed by atoms with van der Waals surface area (Å²) in [6, 6.07) is 4.18. The number of amides is 2. The molecule has 29 heavy (non-hydrogen) atoms. The third-order valence-corrected chi connectivity index (χ3v) is 6.60. The van der Waals surface area contributed by atoms with Crippen LogP contribution in [0.15, 0.2) is 27.6 Å². The SMILES string of the molecule is CCOC(=O)N1CCC(NC(=O)c2cc(S(=O)(=O)NCCOC)ccc2Br)CC1. The molecule has 2 N–H and O–H groups in total. The van der Waals surface area contributed by atoms with Gasteiger partial charge in [0.25, 0.3) is 5.91 Å². The van der Waals surface area contributed by atoms with Gasteiger partial charge in [-0.15, -0.1) is 0 Å². The number of piperidine rings is 1. The molecule has 11 heteroatoms. The van der Waals surface area contributed by atoms with Gasteiger partial charge in [-0.05, 0) is 53.9 Å². The minimum absolute atomic E-state index is 0.000849. The molecule has 1 aromatic carbocycles. The van der Waals surface area contributed by atoms with Crippen molar-refractivity contribution in [1.29, 1.82) is 0 Å². The van der Waals surface area contributed by atoms with Gasteiger partial charge in [0.15, 0.2) is 0 Å². The molecule has 0 atom stereocenters. The summed E-state index contributed by atoms with van der Waals surface area (Å²) in [6.07, 6.45) is 0.844. The van der Waals surface area contributed by atoms with E-state index in [1.165, 1.54) is 25.3 Å². The van der Waals surface area contributed by atoms with Crippen molar-refractivity contribution in [3.63, 3.8) is 0 Å². The maximum absolute atomic E-state index is 12.7. The van der Waals surface area contributed by atoms with Crippen molar-refractivity contribution in [2.75, 3.05) is 40.0 Å². The predicted octanol–water partition coefficient (Wildman–Crippen LogP) is 1.72. The molecular weight excluding hydrogens is 466 g/mol. The smallest absolute Gasteiger partial charge is 0.409 e. The van der Waals surface area contributed by atoms with Gasteiger partial charge in [0.2, 0.25) is 10.0 Å². The molecule has 0 aromatic heterocycles. The summed E-state index contributed by atoms with van der Waals surface area (Å²) in [6.45, 7) is 3.43. The van der Waals surface area contributed by atoms with Crippen LogP contribution in [0.5, 0.6) is 0 Å². The van der Waals surface area contributed by atoms with E-state index in [9.17, 15) is 18.0 Å². The van der Waals surface area contributed by atoms with Crippen LogP contribution in [0.3, 0.4) is 0 Å². The molecule has 0 unspecified atom stereocenters. The highest BCUT2D eigenvalue weighted by molar-refractivity contribution is 9.10. The van der Waals surface area contributed by atoms with Gasteiger partial charge in [-0.3, -0.25) is 4.79 Å². The van der Waals surface area contributed by atoms with Crippen molar-refractivity contribution in [3.8, 4) is 0 Å². The average molecular weight is 492 g/mol. The van der Waals surface area contributed by atoms with E-state index >= 15 is 0 Å². The first kappa shape index (κ1) is 23.6. The molecule has 162 valence electrons. The average Bonchev–Trinajstić information content (AvgIpc) is 2.69. The first-order valence-electron chi connectivity index (χ1n) is 9.29. The number of carbonyl (C=O) groups is 2. The van der Waals surface area contributed by atoms with Crippen LogP contribution < -0.4 is 10.0 Å². The van der Waals surface area contributed by atoms with Crippen LogP contribution in [0.4, 0.5) is 4.79 Å². The number of carbonyl (C=O) groups excluding carboxylic acids is 2. The number of hydrogen-bond donors (Lipinski definition) is 2. The molecule has 1 aliphatic heterocycles. The van der Waals surface area contributed by atoms with Crippen LogP contribution in [0, 0.1) is 0 Å². The summed E-state index contributed by atoms with van der Waals surface area (Å²) in [7, 11) is -2.27. The zero-order valence-electron chi connectivity index (χ0n) is 16.4. The lowest BCUT2D eigenvalue weighted by molar-refractivity contribution is 0.0859. The van der Waals surface area contributed by atoms with Gasteiger partial charge >= 0.3 is 6.09 Å². The van der Waals surface area contributed by atoms with Crippen molar-refractivity contribution in [1.82, 2.24) is 14.9 Å². The second-order valence-electron chi connectivity index (χ2n) is 6.47. The fourth-order valence-electron chi connectivity index (χ4n) is 2.89. The standard InChI is InChI=1S/C18H26BrN3O6S/c1-3-28-18(24)22-9-6-13(7-10-22)21-17(23)15-12-14(4-5-16(15)19)29(25,26)20-8-11-27-2/h4-5,12-13,20H,3,6-11H2,1-2H3,(H,21,23). The topological polar surface area (TPSA) is 114 Å². The first-order valence-corrected chi connectivity index (χ1v) is 11.6. The number of rotatable bonds is 8. The molecule has 1 heterocycles. The monoisotopic (exact) mass is 491 g/mol. The molecule has 1 saturated heterocycles. The van der Waals surface area contributed by atoms with E-state index in [-0.39, 0.29) is 41.7 Å². The van der Waals surface area contributed by atoms with E-state index in [0.717, 1.165) is 0 Å². The van der Waals surface area contributed by atoms with Gasteiger partial charge in [-0.25, -0.2) is 17.9 Å². The van der Waals surface area contributed by atoms with Crippen LogP contribution in [0.25, 0.3) is 0 Å². The quantitative estimate of drug-likeness (QED) is 0.535. The molecule has 0 radical (unpaired) electrons. The number of methoxy groups -OCH3 is 1. The van der Waals surface area contributed by atoms with Crippen molar-refractivity contribution >= 4 is 38.0 Å². The van der Waals surface area contributed by atoms with E-state index in [1.54, 1.807) is 11.8 Å². The molecule has 2 amide bonds. The Balaban J connectivity index is 2.01. The van der Waals surface area contributed by atoms with Crippen LogP contribution in [0.2, 0.25) is 0 Å². The van der Waals surface area contributed by atoms with E-state index in [4.69, 9.17) is 9.47 Å². The largest absolute Gasteiger partial charge is 0.450 e. The number of nitrogens with zero attached hydrogens (tertiary/aromatic N) is 1. The minimum Gasteiger partial charge on any atom is -0.450 e. The second-order valence-corrected chi connectivity index (χ2v) is 9.09. The number of sulfonamides is 1. The summed E-state index contributed by atoms with van der Waals surface area (Å²) < 4.78 is 37.5. The Kier molecular flexibility index (Phi) is 8.87. The van der Waals surface area contributed by atoms with Crippen molar-refractivity contribution in [2.45, 2.75) is 30.7 Å². The zero-order chi connectivity index (χ0) is 21.4. The van der Waals surface area contributed by atoms with Crippen LogP contribution in [-0.2, 0) is 19.5 Å². The van der Waals surface area contributed by atoms with Gasteiger partial charge in [0, 0.05) is 37.3 Å². The Morgan fingerprint density at radius 1 is 1.28 bits per heavy atom. The summed E-state index contributed by atoms with van der Waals surface area (Å²) in [4.78, 5) is 26.1. The first-order chi connectivity index (χ1) is 13.8. The summed E-state index contributed by atoms with van der Waals surface area (Å²) in [5, 5.41) is 2.92. The highest BCUT2D eigenvalue weighted by Gasteiger charge is 2.26. The highest BCUT2D eigenvalue weighted by Crippen LogP contribution is 2.22. The van der Waals surface area contributed by atoms with Gasteiger partial charge in [0.1, 0.15) is 0 Å². The number of likely N-dealkylation sites (tertiary alicyclic amines) is 1. The van der Waals surface area contributed by atoms with Crippen LogP contribution >= 0.6 is 15.9 Å². The number of ether oxygens (including phenoxy) is 2. The Labute approximate surface area is 179 Å². The molecule has 0 bridgehead atoms. The lowest BCUT2D eigenvalue weighted by atomic mass is 10.0. The maximum Gasteiger partial charge on any atom is 0.409 e. The summed E-state index contributed by atoms with van der Waals surface area (Å²) in [5.41, 5.74) is 0.229. The van der Waals surface area contributed by atoms with Crippen molar-refractivity contribution in [2.24, 2.45) is 0 Å². The second kappa shape index (κ2) is 10.9. The molecule has 1 aliphatic rings. The van der Waals surface area contributed by atoms with E-state index in [2.05, 4.69) is 26.0 Å². The molecule has 2 rings (SSSR count). The Bertz CT molecular complexity index is 825. The lowest BCUT2D eigenvalue weighted by Gasteiger charge is -2.31. The predicted molar refractivity (Wildman–Crippen MR) is 110 cm³/mol. The zero-order valence-corrected chi connectivity index (χ0v) is 18.8. The van der Waals surface area contributed by atoms with Crippen LogP contribution in [0.1, 0.15) is 30.1 Å². The van der Waals surface area contributed by atoms with Crippen molar-refractivity contribution < 1.29 is 27.5 Å².